The summed E-state index contributed by atoms with van der Waals surface area (Å²) >= 11 is 1.53. The van der Waals surface area contributed by atoms with Crippen LogP contribution in [0.2, 0.25) is 0 Å². The zero-order chi connectivity index (χ0) is 13.9. The smallest absolute Gasteiger partial charge is 0.233 e. The number of nitrogens with zero attached hydrogens (tertiary/aromatic N) is 1. The highest BCUT2D eigenvalue weighted by molar-refractivity contribution is 7.13. The second kappa shape index (κ2) is 5.75. The highest BCUT2D eigenvalue weighted by Crippen LogP contribution is 2.41. The Morgan fingerprint density at radius 2 is 2.15 bits per heavy atom. The SMILES string of the molecule is CCC(C(=O)Nc1nc(C2CC2)cs1)c1ccccc1. The summed E-state index contributed by atoms with van der Waals surface area (Å²) in [4.78, 5) is 16.9. The van der Waals surface area contributed by atoms with Crippen LogP contribution in [0.4, 0.5) is 5.13 Å². The van der Waals surface area contributed by atoms with Crippen molar-refractivity contribution in [2.75, 3.05) is 5.32 Å². The van der Waals surface area contributed by atoms with Crippen molar-refractivity contribution < 1.29 is 4.79 Å². The van der Waals surface area contributed by atoms with Crippen molar-refractivity contribution in [1.82, 2.24) is 4.98 Å². The zero-order valence-corrected chi connectivity index (χ0v) is 12.3. The molecule has 1 heterocycles. The van der Waals surface area contributed by atoms with Gasteiger partial charge >= 0.3 is 0 Å². The minimum absolute atomic E-state index is 0.0374. The Labute approximate surface area is 123 Å². The summed E-state index contributed by atoms with van der Waals surface area (Å²) in [6.45, 7) is 2.04. The van der Waals surface area contributed by atoms with E-state index in [0.717, 1.165) is 22.8 Å². The normalized spacial score (nSPS) is 15.8. The maximum atomic E-state index is 12.4. The molecule has 1 aliphatic carbocycles. The van der Waals surface area contributed by atoms with Crippen molar-refractivity contribution in [3.63, 3.8) is 0 Å². The molecule has 1 aliphatic rings. The first-order chi connectivity index (χ1) is 9.78. The van der Waals surface area contributed by atoms with Crippen LogP contribution in [0.5, 0.6) is 0 Å². The largest absolute Gasteiger partial charge is 0.301 e. The second-order valence-electron chi connectivity index (χ2n) is 5.21. The molecular weight excluding hydrogens is 268 g/mol. The van der Waals surface area contributed by atoms with Gasteiger partial charge < -0.3 is 5.32 Å². The maximum absolute atomic E-state index is 12.4. The topological polar surface area (TPSA) is 42.0 Å². The Morgan fingerprint density at radius 1 is 1.40 bits per heavy atom. The number of amides is 1. The Bertz CT molecular complexity index is 590. The van der Waals surface area contributed by atoms with Crippen LogP contribution in [-0.2, 0) is 4.79 Å². The molecule has 20 heavy (non-hydrogen) atoms. The van der Waals surface area contributed by atoms with E-state index >= 15 is 0 Å². The lowest BCUT2D eigenvalue weighted by atomic mass is 9.96. The van der Waals surface area contributed by atoms with Gasteiger partial charge in [0.05, 0.1) is 11.6 Å². The molecule has 4 heteroatoms. The van der Waals surface area contributed by atoms with E-state index in [1.807, 2.05) is 37.3 Å². The van der Waals surface area contributed by atoms with E-state index in [-0.39, 0.29) is 11.8 Å². The lowest BCUT2D eigenvalue weighted by molar-refractivity contribution is -0.117. The van der Waals surface area contributed by atoms with Gasteiger partial charge in [-0.3, -0.25) is 4.79 Å². The quantitative estimate of drug-likeness (QED) is 0.897. The van der Waals surface area contributed by atoms with Crippen LogP contribution in [0.1, 0.15) is 49.3 Å². The van der Waals surface area contributed by atoms with Crippen molar-refractivity contribution in [2.24, 2.45) is 0 Å². The van der Waals surface area contributed by atoms with Crippen LogP contribution in [0.25, 0.3) is 0 Å². The first-order valence-electron chi connectivity index (χ1n) is 7.09. The molecule has 1 amide bonds. The Balaban J connectivity index is 1.70. The average Bonchev–Trinajstić information content (AvgIpc) is 3.22. The number of hydrogen-bond donors (Lipinski definition) is 1. The van der Waals surface area contributed by atoms with E-state index in [2.05, 4.69) is 15.7 Å². The van der Waals surface area contributed by atoms with Gasteiger partial charge in [-0.2, -0.15) is 0 Å². The molecule has 1 N–H and O–H groups in total. The summed E-state index contributed by atoms with van der Waals surface area (Å²) in [5, 5.41) is 5.76. The van der Waals surface area contributed by atoms with Gasteiger partial charge in [0, 0.05) is 11.3 Å². The fourth-order valence-corrected chi connectivity index (χ4v) is 3.16. The van der Waals surface area contributed by atoms with Crippen LogP contribution in [0, 0.1) is 0 Å². The number of hydrogen-bond acceptors (Lipinski definition) is 3. The van der Waals surface area contributed by atoms with Gasteiger partial charge in [0.15, 0.2) is 5.13 Å². The summed E-state index contributed by atoms with van der Waals surface area (Å²) in [5.41, 5.74) is 2.20. The van der Waals surface area contributed by atoms with Crippen LogP contribution in [-0.4, -0.2) is 10.9 Å². The number of aromatic nitrogens is 1. The van der Waals surface area contributed by atoms with Crippen molar-refractivity contribution >= 4 is 22.4 Å². The predicted molar refractivity (Wildman–Crippen MR) is 82.2 cm³/mol. The van der Waals surface area contributed by atoms with Gasteiger partial charge in [-0.05, 0) is 24.8 Å². The number of carbonyl (C=O) groups excluding carboxylic acids is 1. The molecule has 1 aromatic carbocycles. The minimum atomic E-state index is -0.107. The first-order valence-corrected chi connectivity index (χ1v) is 7.97. The molecule has 1 atom stereocenters. The number of carbonyl (C=O) groups is 1. The second-order valence-corrected chi connectivity index (χ2v) is 6.07. The van der Waals surface area contributed by atoms with Crippen molar-refractivity contribution in [2.45, 2.75) is 38.0 Å². The van der Waals surface area contributed by atoms with Gasteiger partial charge in [-0.1, -0.05) is 37.3 Å². The van der Waals surface area contributed by atoms with Gasteiger partial charge in [-0.25, -0.2) is 4.98 Å². The monoisotopic (exact) mass is 286 g/mol. The van der Waals surface area contributed by atoms with Crippen molar-refractivity contribution in [3.05, 3.63) is 47.0 Å². The minimum Gasteiger partial charge on any atom is -0.301 e. The van der Waals surface area contributed by atoms with E-state index in [1.165, 1.54) is 24.2 Å². The molecule has 3 rings (SSSR count). The van der Waals surface area contributed by atoms with Crippen LogP contribution in [0.3, 0.4) is 0 Å². The predicted octanol–water partition coefficient (Wildman–Crippen LogP) is 4.15. The summed E-state index contributed by atoms with van der Waals surface area (Å²) < 4.78 is 0. The third-order valence-electron chi connectivity index (χ3n) is 3.67. The highest BCUT2D eigenvalue weighted by Gasteiger charge is 2.26. The maximum Gasteiger partial charge on any atom is 0.233 e. The average molecular weight is 286 g/mol. The molecule has 0 spiro atoms. The summed E-state index contributed by atoms with van der Waals surface area (Å²) in [6.07, 6.45) is 3.26. The van der Waals surface area contributed by atoms with E-state index in [9.17, 15) is 4.79 Å². The Kier molecular flexibility index (Phi) is 3.83. The molecule has 0 aliphatic heterocycles. The van der Waals surface area contributed by atoms with E-state index in [1.54, 1.807) is 0 Å². The third kappa shape index (κ3) is 2.90. The van der Waals surface area contributed by atoms with Crippen LogP contribution in [0.15, 0.2) is 35.7 Å². The van der Waals surface area contributed by atoms with Gasteiger partial charge in [0.2, 0.25) is 5.91 Å². The summed E-state index contributed by atoms with van der Waals surface area (Å²) in [6, 6.07) is 9.92. The van der Waals surface area contributed by atoms with Crippen molar-refractivity contribution in [1.29, 1.82) is 0 Å². The zero-order valence-electron chi connectivity index (χ0n) is 11.5. The molecule has 0 radical (unpaired) electrons. The highest BCUT2D eigenvalue weighted by atomic mass is 32.1. The third-order valence-corrected chi connectivity index (χ3v) is 4.45. The van der Waals surface area contributed by atoms with E-state index in [4.69, 9.17) is 0 Å². The molecule has 1 fully saturated rings. The van der Waals surface area contributed by atoms with Gasteiger partial charge in [-0.15, -0.1) is 11.3 Å². The number of benzene rings is 1. The fourth-order valence-electron chi connectivity index (χ4n) is 2.36. The number of nitrogens with one attached hydrogen (secondary N) is 1. The molecule has 1 saturated carbocycles. The molecule has 0 saturated heterocycles. The summed E-state index contributed by atoms with van der Waals surface area (Å²) in [5.74, 6) is 0.563. The first kappa shape index (κ1) is 13.3. The van der Waals surface area contributed by atoms with Crippen molar-refractivity contribution in [3.8, 4) is 0 Å². The molecule has 1 unspecified atom stereocenters. The molecule has 2 aromatic rings. The van der Waals surface area contributed by atoms with Gasteiger partial charge in [0.1, 0.15) is 0 Å². The van der Waals surface area contributed by atoms with Crippen LogP contribution >= 0.6 is 11.3 Å². The molecule has 1 aromatic heterocycles. The number of rotatable bonds is 5. The Hall–Kier alpha value is -1.68. The molecule has 3 nitrogen and oxygen atoms in total. The van der Waals surface area contributed by atoms with E-state index < -0.39 is 0 Å². The standard InChI is InChI=1S/C16H18N2OS/c1-2-13(11-6-4-3-5-7-11)15(19)18-16-17-14(10-20-16)12-8-9-12/h3-7,10,12-13H,2,8-9H2,1H3,(H,17,18,19). The lowest BCUT2D eigenvalue weighted by Crippen LogP contribution is -2.20. The van der Waals surface area contributed by atoms with Crippen LogP contribution < -0.4 is 5.32 Å². The lowest BCUT2D eigenvalue weighted by Gasteiger charge is -2.14. The van der Waals surface area contributed by atoms with Gasteiger partial charge in [0.25, 0.3) is 0 Å². The molecule has 0 bridgehead atoms. The van der Waals surface area contributed by atoms with E-state index in [0.29, 0.717) is 5.92 Å². The number of anilines is 1. The molecule has 104 valence electrons. The summed E-state index contributed by atoms with van der Waals surface area (Å²) in [7, 11) is 0. The number of thiazole rings is 1. The fraction of sp³-hybridized carbons (Fsp3) is 0.375. The Morgan fingerprint density at radius 3 is 2.80 bits per heavy atom. The molecular formula is C16H18N2OS.